The molecule has 2 aromatic rings. The number of rotatable bonds is 4. The van der Waals surface area contributed by atoms with E-state index in [4.69, 9.17) is 4.52 Å². The zero-order chi connectivity index (χ0) is 17.2. The third-order valence-corrected chi connectivity index (χ3v) is 3.08. The van der Waals surface area contributed by atoms with Gasteiger partial charge in [0.25, 0.3) is 5.91 Å². The monoisotopic (exact) mass is 330 g/mol. The van der Waals surface area contributed by atoms with Gasteiger partial charge in [-0.3, -0.25) is 4.79 Å². The number of alkyl halides is 3. The van der Waals surface area contributed by atoms with Crippen molar-refractivity contribution in [3.05, 3.63) is 52.7 Å². The smallest absolute Gasteiger partial charge is 0.351 e. The van der Waals surface area contributed by atoms with E-state index in [9.17, 15) is 22.4 Å². The predicted octanol–water partition coefficient (Wildman–Crippen LogP) is 3.89. The highest BCUT2D eigenvalue weighted by molar-refractivity contribution is 5.91. The van der Waals surface area contributed by atoms with Crippen molar-refractivity contribution in [3.63, 3.8) is 0 Å². The Morgan fingerprint density at radius 2 is 1.96 bits per heavy atom. The van der Waals surface area contributed by atoms with E-state index < -0.39 is 23.5 Å². The molecule has 0 fully saturated rings. The number of aromatic nitrogens is 1. The Balaban J connectivity index is 2.08. The van der Waals surface area contributed by atoms with Crippen molar-refractivity contribution in [1.29, 1.82) is 0 Å². The Hall–Kier alpha value is -2.38. The van der Waals surface area contributed by atoms with Crippen molar-refractivity contribution in [2.24, 2.45) is 0 Å². The molecule has 1 N–H and O–H groups in total. The molecule has 0 aliphatic carbocycles. The fourth-order valence-electron chi connectivity index (χ4n) is 1.85. The summed E-state index contributed by atoms with van der Waals surface area (Å²) in [5, 5.41) is 6.07. The summed E-state index contributed by atoms with van der Waals surface area (Å²) in [4.78, 5) is 11.9. The highest BCUT2D eigenvalue weighted by Gasteiger charge is 2.31. The van der Waals surface area contributed by atoms with Gasteiger partial charge >= 0.3 is 6.18 Å². The lowest BCUT2D eigenvalue weighted by atomic mass is 10.1. The number of hydrogen-bond donors (Lipinski definition) is 1. The summed E-state index contributed by atoms with van der Waals surface area (Å²) in [7, 11) is 0. The maximum absolute atomic E-state index is 13.3. The average Bonchev–Trinajstić information content (AvgIpc) is 2.93. The van der Waals surface area contributed by atoms with Crippen molar-refractivity contribution in [1.82, 2.24) is 10.5 Å². The summed E-state index contributed by atoms with van der Waals surface area (Å²) in [5.74, 6) is -1.65. The molecule has 4 nitrogen and oxygen atoms in total. The molecule has 0 atom stereocenters. The molecule has 23 heavy (non-hydrogen) atoms. The molecule has 0 aliphatic heterocycles. The van der Waals surface area contributed by atoms with E-state index in [0.29, 0.717) is 11.8 Å². The van der Waals surface area contributed by atoms with Crippen LogP contribution in [0.3, 0.4) is 0 Å². The Morgan fingerprint density at radius 3 is 2.52 bits per heavy atom. The minimum absolute atomic E-state index is 0.00530. The van der Waals surface area contributed by atoms with Crippen LogP contribution in [0.4, 0.5) is 17.6 Å². The fraction of sp³-hybridized carbons (Fsp3) is 0.333. The van der Waals surface area contributed by atoms with Crippen molar-refractivity contribution in [2.45, 2.75) is 32.5 Å². The fourth-order valence-corrected chi connectivity index (χ4v) is 1.85. The van der Waals surface area contributed by atoms with Gasteiger partial charge in [0.15, 0.2) is 0 Å². The van der Waals surface area contributed by atoms with Crippen LogP contribution < -0.4 is 5.32 Å². The molecule has 1 aromatic heterocycles. The van der Waals surface area contributed by atoms with E-state index in [1.807, 2.05) is 13.8 Å². The molecule has 0 bridgehead atoms. The van der Waals surface area contributed by atoms with Crippen LogP contribution in [0.25, 0.3) is 0 Å². The van der Waals surface area contributed by atoms with Gasteiger partial charge in [-0.15, -0.1) is 0 Å². The number of amides is 1. The molecule has 0 saturated heterocycles. The molecule has 1 amide bonds. The van der Waals surface area contributed by atoms with Crippen molar-refractivity contribution >= 4 is 5.91 Å². The van der Waals surface area contributed by atoms with Crippen LogP contribution in [-0.4, -0.2) is 11.1 Å². The molecule has 0 unspecified atom stereocenters. The third-order valence-electron chi connectivity index (χ3n) is 3.08. The number of halogens is 4. The Labute approximate surface area is 129 Å². The Kier molecular flexibility index (Phi) is 4.72. The maximum Gasteiger partial charge on any atom is 0.416 e. The van der Waals surface area contributed by atoms with Gasteiger partial charge in [0.1, 0.15) is 5.82 Å². The van der Waals surface area contributed by atoms with Crippen molar-refractivity contribution in [3.8, 4) is 0 Å². The third kappa shape index (κ3) is 4.30. The van der Waals surface area contributed by atoms with Gasteiger partial charge in [0.05, 0.1) is 11.3 Å². The van der Waals surface area contributed by atoms with E-state index >= 15 is 0 Å². The second kappa shape index (κ2) is 6.39. The van der Waals surface area contributed by atoms with Gasteiger partial charge in [0.2, 0.25) is 5.76 Å². The first-order chi connectivity index (χ1) is 10.7. The Morgan fingerprint density at radius 1 is 1.26 bits per heavy atom. The summed E-state index contributed by atoms with van der Waals surface area (Å²) >= 11 is 0. The van der Waals surface area contributed by atoms with Crippen molar-refractivity contribution in [2.75, 3.05) is 0 Å². The lowest BCUT2D eigenvalue weighted by molar-refractivity contribution is -0.137. The first-order valence-corrected chi connectivity index (χ1v) is 6.78. The number of nitrogens with zero attached hydrogens (tertiary/aromatic N) is 1. The number of benzene rings is 1. The quantitative estimate of drug-likeness (QED) is 0.866. The highest BCUT2D eigenvalue weighted by Crippen LogP contribution is 2.30. The lowest BCUT2D eigenvalue weighted by Gasteiger charge is -2.09. The molecule has 0 aliphatic rings. The first-order valence-electron chi connectivity index (χ1n) is 6.78. The predicted molar refractivity (Wildman–Crippen MR) is 73.2 cm³/mol. The van der Waals surface area contributed by atoms with E-state index in [1.54, 1.807) is 0 Å². The Bertz CT molecular complexity index is 708. The SMILES string of the molecule is CC(C)c1cc(C(=O)NCc2cc(F)cc(C(F)(F)F)c2)on1. The molecular formula is C15H14F4N2O2. The summed E-state index contributed by atoms with van der Waals surface area (Å²) in [5.41, 5.74) is -0.530. The van der Waals surface area contributed by atoms with Gasteiger partial charge in [-0.1, -0.05) is 19.0 Å². The molecular weight excluding hydrogens is 316 g/mol. The summed E-state index contributed by atoms with van der Waals surface area (Å²) in [6.45, 7) is 3.47. The van der Waals surface area contributed by atoms with Crippen molar-refractivity contribution < 1.29 is 26.9 Å². The zero-order valence-electron chi connectivity index (χ0n) is 12.4. The second-order valence-corrected chi connectivity index (χ2v) is 5.30. The zero-order valence-corrected chi connectivity index (χ0v) is 12.4. The molecule has 1 aromatic carbocycles. The van der Waals surface area contributed by atoms with Crippen LogP contribution in [0.1, 0.15) is 47.1 Å². The number of nitrogens with one attached hydrogen (secondary N) is 1. The van der Waals surface area contributed by atoms with Crippen LogP contribution in [-0.2, 0) is 12.7 Å². The minimum atomic E-state index is -4.65. The maximum atomic E-state index is 13.3. The molecule has 2 rings (SSSR count). The van der Waals surface area contributed by atoms with Gasteiger partial charge in [0, 0.05) is 12.6 Å². The summed E-state index contributed by atoms with van der Waals surface area (Å²) in [6, 6.07) is 3.56. The van der Waals surface area contributed by atoms with Crippen LogP contribution in [0.5, 0.6) is 0 Å². The van der Waals surface area contributed by atoms with Gasteiger partial charge in [-0.25, -0.2) is 4.39 Å². The van der Waals surface area contributed by atoms with Crippen LogP contribution in [0, 0.1) is 5.82 Å². The van der Waals surface area contributed by atoms with E-state index in [1.165, 1.54) is 6.07 Å². The molecule has 0 spiro atoms. The molecule has 0 saturated carbocycles. The minimum Gasteiger partial charge on any atom is -0.351 e. The van der Waals surface area contributed by atoms with Crippen LogP contribution in [0.2, 0.25) is 0 Å². The largest absolute Gasteiger partial charge is 0.416 e. The average molecular weight is 330 g/mol. The topological polar surface area (TPSA) is 55.1 Å². The molecule has 1 heterocycles. The van der Waals surface area contributed by atoms with Gasteiger partial charge in [-0.2, -0.15) is 13.2 Å². The van der Waals surface area contributed by atoms with E-state index in [0.717, 1.165) is 12.1 Å². The standard InChI is InChI=1S/C15H14F4N2O2/c1-8(2)12-6-13(23-21-12)14(22)20-7-9-3-10(15(17,18)19)5-11(16)4-9/h3-6,8H,7H2,1-2H3,(H,20,22). The van der Waals surface area contributed by atoms with E-state index in [2.05, 4.69) is 10.5 Å². The lowest BCUT2D eigenvalue weighted by Crippen LogP contribution is -2.22. The molecule has 8 heteroatoms. The second-order valence-electron chi connectivity index (χ2n) is 5.30. The molecule has 0 radical (unpaired) electrons. The highest BCUT2D eigenvalue weighted by atomic mass is 19.4. The van der Waals surface area contributed by atoms with Gasteiger partial charge in [-0.05, 0) is 29.7 Å². The van der Waals surface area contributed by atoms with Crippen LogP contribution in [0.15, 0.2) is 28.8 Å². The van der Waals surface area contributed by atoms with Gasteiger partial charge < -0.3 is 9.84 Å². The first kappa shape index (κ1) is 17.0. The normalized spacial score (nSPS) is 11.8. The van der Waals surface area contributed by atoms with Crippen LogP contribution >= 0.6 is 0 Å². The van der Waals surface area contributed by atoms with E-state index in [-0.39, 0.29) is 23.8 Å². The number of carbonyl (C=O) groups excluding carboxylic acids is 1. The number of carbonyl (C=O) groups is 1. The summed E-state index contributed by atoms with van der Waals surface area (Å²) < 4.78 is 56.0. The summed E-state index contributed by atoms with van der Waals surface area (Å²) in [6.07, 6.45) is -4.65. The molecule has 124 valence electrons. The number of hydrogen-bond acceptors (Lipinski definition) is 3.